The minimum atomic E-state index is -3.12. The van der Waals surface area contributed by atoms with Gasteiger partial charge in [-0.1, -0.05) is 182 Å². The average Bonchev–Trinajstić information content (AvgIpc) is 3.75. The predicted molar refractivity (Wildman–Crippen MR) is 239 cm³/mol. The molecule has 0 radical (unpaired) electrons. The first-order valence-electron chi connectivity index (χ1n) is 19.3. The fraction of sp³-hybridized carbons (Fsp3) is 0. The number of hydrogen-bond acceptors (Lipinski definition) is 2. The molecule has 1 aliphatic rings. The molecule has 3 nitrogen and oxygen atoms in total. The lowest BCUT2D eigenvalue weighted by Crippen LogP contribution is -2.20. The quantitative estimate of drug-likeness (QED) is 0.159. The molecule has 1 aliphatic heterocycles. The lowest BCUT2D eigenvalue weighted by molar-refractivity contribution is 0.593. The van der Waals surface area contributed by atoms with Gasteiger partial charge in [0.1, 0.15) is 5.82 Å². The van der Waals surface area contributed by atoms with E-state index in [1.165, 1.54) is 16.7 Å². The summed E-state index contributed by atoms with van der Waals surface area (Å²) in [6.45, 7) is 0. The molecule has 4 heteroatoms. The van der Waals surface area contributed by atoms with E-state index in [2.05, 4.69) is 156 Å². The van der Waals surface area contributed by atoms with Gasteiger partial charge in [-0.25, -0.2) is 4.98 Å². The van der Waals surface area contributed by atoms with Crippen molar-refractivity contribution in [3.63, 3.8) is 0 Å². The Kier molecular flexibility index (Phi) is 7.77. The number of benzene rings is 8. The van der Waals surface area contributed by atoms with Gasteiger partial charge in [0.2, 0.25) is 0 Å². The zero-order chi connectivity index (χ0) is 37.9. The number of fused-ring (bicyclic) bond motifs is 6. The molecular weight excluding hydrogens is 712 g/mol. The summed E-state index contributed by atoms with van der Waals surface area (Å²) >= 11 is 0. The summed E-state index contributed by atoms with van der Waals surface area (Å²) in [5.41, 5.74) is 12.9. The number of nitrogens with zero attached hydrogens (tertiary/aromatic N) is 2. The van der Waals surface area contributed by atoms with Crippen LogP contribution >= 0.6 is 7.14 Å². The Labute approximate surface area is 331 Å². The summed E-state index contributed by atoms with van der Waals surface area (Å²) < 4.78 is 17.8. The number of hydrogen-bond donors (Lipinski definition) is 0. The minimum absolute atomic E-state index is 0.824. The summed E-state index contributed by atoms with van der Waals surface area (Å²) in [6.07, 6.45) is 0. The van der Waals surface area contributed by atoms with E-state index in [1.54, 1.807) is 0 Å². The van der Waals surface area contributed by atoms with Gasteiger partial charge in [-0.3, -0.25) is 4.57 Å². The van der Waals surface area contributed by atoms with Gasteiger partial charge < -0.3 is 4.57 Å². The molecule has 0 spiro atoms. The van der Waals surface area contributed by atoms with Crippen LogP contribution < -0.4 is 15.9 Å². The average molecular weight is 747 g/mol. The van der Waals surface area contributed by atoms with Crippen molar-refractivity contribution >= 4 is 44.9 Å². The molecule has 11 rings (SSSR count). The summed E-state index contributed by atoms with van der Waals surface area (Å²) in [7, 11) is -3.12. The second kappa shape index (κ2) is 13.3. The van der Waals surface area contributed by atoms with Gasteiger partial charge in [-0.05, 0) is 74.8 Å². The van der Waals surface area contributed by atoms with E-state index in [-0.39, 0.29) is 0 Å². The molecule has 1 unspecified atom stereocenters. The van der Waals surface area contributed by atoms with Crippen molar-refractivity contribution < 1.29 is 4.57 Å². The normalized spacial score (nSPS) is 14.5. The van der Waals surface area contributed by atoms with E-state index in [1.807, 2.05) is 60.7 Å². The Bertz CT molecular complexity index is 3070. The molecule has 0 saturated heterocycles. The van der Waals surface area contributed by atoms with Crippen LogP contribution in [0.4, 0.5) is 0 Å². The van der Waals surface area contributed by atoms with Crippen LogP contribution in [0.1, 0.15) is 0 Å². The fourth-order valence-corrected chi connectivity index (χ4v) is 11.7. The van der Waals surface area contributed by atoms with Crippen molar-refractivity contribution in [3.05, 3.63) is 212 Å². The van der Waals surface area contributed by atoms with E-state index in [0.717, 1.165) is 82.6 Å². The van der Waals surface area contributed by atoms with Crippen molar-refractivity contribution in [3.8, 4) is 61.6 Å². The first-order chi connectivity index (χ1) is 28.1. The Morgan fingerprint density at radius 1 is 0.368 bits per heavy atom. The molecular formula is C53H35N2OP. The van der Waals surface area contributed by atoms with Gasteiger partial charge in [0.15, 0.2) is 7.14 Å². The number of para-hydroxylation sites is 1. The summed E-state index contributed by atoms with van der Waals surface area (Å²) in [6, 6.07) is 74.1. The predicted octanol–water partition coefficient (Wildman–Crippen LogP) is 12.5. The van der Waals surface area contributed by atoms with Crippen LogP contribution in [0.5, 0.6) is 0 Å². The number of pyridine rings is 1. The monoisotopic (exact) mass is 746 g/mol. The topological polar surface area (TPSA) is 34.9 Å². The molecule has 8 aromatic carbocycles. The van der Waals surface area contributed by atoms with Crippen molar-refractivity contribution in [1.82, 2.24) is 9.55 Å². The molecule has 10 aromatic rings. The van der Waals surface area contributed by atoms with Crippen LogP contribution in [0, 0.1) is 0 Å². The van der Waals surface area contributed by atoms with Crippen LogP contribution in [-0.2, 0) is 4.57 Å². The SMILES string of the molecule is O=P1(c2ccccc2)c2ccccc2-c2cc3c(cc21)c1ccccc1n3-c1cc(-c2ccc(-c3ccccc3)cc2)cc(-c2ccc(-c3ccccc3)cc2)n1. The second-order valence-electron chi connectivity index (χ2n) is 14.7. The lowest BCUT2D eigenvalue weighted by Gasteiger charge is -2.16. The maximum Gasteiger partial charge on any atom is 0.172 e. The fourth-order valence-electron chi connectivity index (χ4n) is 8.64. The van der Waals surface area contributed by atoms with Crippen LogP contribution in [0.2, 0.25) is 0 Å². The van der Waals surface area contributed by atoms with Gasteiger partial charge in [0.25, 0.3) is 0 Å². The molecule has 0 bridgehead atoms. The van der Waals surface area contributed by atoms with Gasteiger partial charge in [-0.15, -0.1) is 0 Å². The molecule has 268 valence electrons. The van der Waals surface area contributed by atoms with Crippen molar-refractivity contribution in [1.29, 1.82) is 0 Å². The third kappa shape index (κ3) is 5.43. The smallest absolute Gasteiger partial charge is 0.172 e. The zero-order valence-electron chi connectivity index (χ0n) is 31.0. The van der Waals surface area contributed by atoms with Crippen molar-refractivity contribution in [2.45, 2.75) is 0 Å². The van der Waals surface area contributed by atoms with E-state index in [4.69, 9.17) is 4.98 Å². The van der Waals surface area contributed by atoms with Crippen molar-refractivity contribution in [2.24, 2.45) is 0 Å². The van der Waals surface area contributed by atoms with E-state index in [0.29, 0.717) is 0 Å². The van der Waals surface area contributed by atoms with Gasteiger partial charge in [0, 0.05) is 32.2 Å². The standard InChI is InChI=1S/C53H35N2OP/c56-57(43-18-8-3-9-19-43)51-23-13-11-21-45(51)47-34-50-46(35-52(47)57)44-20-10-12-22-49(44)55(50)53-33-42(40-26-24-38(25-27-40)36-14-4-1-5-15-36)32-48(54-53)41-30-28-39(29-31-41)37-16-6-2-7-17-37/h1-35H. The van der Waals surface area contributed by atoms with E-state index < -0.39 is 7.14 Å². The van der Waals surface area contributed by atoms with E-state index >= 15 is 4.57 Å². The Hall–Kier alpha value is -7.06. The molecule has 0 saturated carbocycles. The third-order valence-corrected chi connectivity index (χ3v) is 14.6. The maximum atomic E-state index is 15.5. The Balaban J connectivity index is 1.14. The minimum Gasteiger partial charge on any atom is -0.309 e. The molecule has 2 aromatic heterocycles. The van der Waals surface area contributed by atoms with E-state index in [9.17, 15) is 0 Å². The molecule has 0 aliphatic carbocycles. The molecule has 57 heavy (non-hydrogen) atoms. The Morgan fingerprint density at radius 2 is 0.895 bits per heavy atom. The first kappa shape index (κ1) is 33.3. The number of rotatable bonds is 6. The van der Waals surface area contributed by atoms with Gasteiger partial charge in [-0.2, -0.15) is 0 Å². The van der Waals surface area contributed by atoms with Gasteiger partial charge in [0.05, 0.1) is 16.7 Å². The lowest BCUT2D eigenvalue weighted by atomic mass is 9.98. The zero-order valence-corrected chi connectivity index (χ0v) is 31.9. The van der Waals surface area contributed by atoms with Crippen LogP contribution in [-0.4, -0.2) is 9.55 Å². The molecule has 1 atom stereocenters. The van der Waals surface area contributed by atoms with Crippen LogP contribution in [0.15, 0.2) is 212 Å². The van der Waals surface area contributed by atoms with Crippen molar-refractivity contribution in [2.75, 3.05) is 0 Å². The number of aromatic nitrogens is 2. The molecule has 0 amide bonds. The highest BCUT2D eigenvalue weighted by molar-refractivity contribution is 7.86. The molecule has 0 N–H and O–H groups in total. The largest absolute Gasteiger partial charge is 0.309 e. The van der Waals surface area contributed by atoms with Crippen LogP contribution in [0.3, 0.4) is 0 Å². The maximum absolute atomic E-state index is 15.5. The highest BCUT2D eigenvalue weighted by Gasteiger charge is 2.40. The molecule has 3 heterocycles. The summed E-state index contributed by atoms with van der Waals surface area (Å²) in [5.74, 6) is 0.824. The highest BCUT2D eigenvalue weighted by Crippen LogP contribution is 2.53. The molecule has 0 fully saturated rings. The summed E-state index contributed by atoms with van der Waals surface area (Å²) in [4.78, 5) is 5.46. The third-order valence-electron chi connectivity index (χ3n) is 11.4. The Morgan fingerprint density at radius 3 is 1.56 bits per heavy atom. The first-order valence-corrected chi connectivity index (χ1v) is 21.0. The summed E-state index contributed by atoms with van der Waals surface area (Å²) in [5, 5.41) is 4.80. The van der Waals surface area contributed by atoms with Crippen LogP contribution in [0.25, 0.3) is 83.4 Å². The second-order valence-corrected chi connectivity index (χ2v) is 17.4. The highest BCUT2D eigenvalue weighted by atomic mass is 31.2. The van der Waals surface area contributed by atoms with Gasteiger partial charge >= 0.3 is 0 Å².